The van der Waals surface area contributed by atoms with Crippen LogP contribution in [0.1, 0.15) is 24.2 Å². The van der Waals surface area contributed by atoms with E-state index >= 15 is 0 Å². The highest BCUT2D eigenvalue weighted by Crippen LogP contribution is 2.36. The van der Waals surface area contributed by atoms with Crippen LogP contribution in [0.2, 0.25) is 0 Å². The molecule has 0 radical (unpaired) electrons. The SMILES string of the molecule is Cc1c(C(F)(F)F)n2c(nc1=O)OCC2C. The normalized spacial score (nSPS) is 19.4. The van der Waals surface area contributed by atoms with Gasteiger partial charge in [-0.25, -0.2) is 0 Å². The maximum absolute atomic E-state index is 12.8. The molecule has 0 saturated carbocycles. The van der Waals surface area contributed by atoms with Crippen LogP contribution in [-0.2, 0) is 6.18 Å². The first kappa shape index (κ1) is 11.0. The number of rotatable bonds is 0. The van der Waals surface area contributed by atoms with Gasteiger partial charge in [0.1, 0.15) is 12.3 Å². The summed E-state index contributed by atoms with van der Waals surface area (Å²) in [4.78, 5) is 14.7. The summed E-state index contributed by atoms with van der Waals surface area (Å²) in [5.74, 6) is 0. The first-order valence-corrected chi connectivity index (χ1v) is 4.65. The molecule has 1 unspecified atom stereocenters. The summed E-state index contributed by atoms with van der Waals surface area (Å²) in [6, 6.07) is -0.728. The molecule has 0 N–H and O–H groups in total. The highest BCUT2D eigenvalue weighted by Gasteiger charge is 2.41. The van der Waals surface area contributed by atoms with Crippen LogP contribution in [0.25, 0.3) is 0 Å². The number of alkyl halides is 3. The van der Waals surface area contributed by atoms with Gasteiger partial charge < -0.3 is 4.74 Å². The molecule has 1 aliphatic heterocycles. The molecule has 0 amide bonds. The molecule has 2 rings (SSSR count). The van der Waals surface area contributed by atoms with Gasteiger partial charge in [0.15, 0.2) is 0 Å². The molecule has 0 aromatic carbocycles. The van der Waals surface area contributed by atoms with E-state index in [0.29, 0.717) is 0 Å². The van der Waals surface area contributed by atoms with E-state index in [2.05, 4.69) is 4.98 Å². The molecule has 1 atom stereocenters. The zero-order chi connectivity index (χ0) is 12.1. The van der Waals surface area contributed by atoms with Crippen molar-refractivity contribution in [3.05, 3.63) is 21.6 Å². The summed E-state index contributed by atoms with van der Waals surface area (Å²) in [5.41, 5.74) is -2.26. The maximum atomic E-state index is 12.8. The summed E-state index contributed by atoms with van der Waals surface area (Å²) in [6.07, 6.45) is -4.58. The molecule has 16 heavy (non-hydrogen) atoms. The van der Waals surface area contributed by atoms with Gasteiger partial charge in [0, 0.05) is 5.56 Å². The average molecular weight is 234 g/mol. The van der Waals surface area contributed by atoms with Gasteiger partial charge in [-0.2, -0.15) is 18.2 Å². The fourth-order valence-corrected chi connectivity index (χ4v) is 1.73. The van der Waals surface area contributed by atoms with Crippen molar-refractivity contribution in [2.75, 3.05) is 6.61 Å². The third-order valence-electron chi connectivity index (χ3n) is 2.48. The Labute approximate surface area is 88.7 Å². The van der Waals surface area contributed by atoms with Crippen molar-refractivity contribution in [3.8, 4) is 6.01 Å². The third kappa shape index (κ3) is 1.46. The molecule has 0 fully saturated rings. The van der Waals surface area contributed by atoms with Crippen molar-refractivity contribution in [1.82, 2.24) is 9.55 Å². The zero-order valence-corrected chi connectivity index (χ0v) is 8.63. The van der Waals surface area contributed by atoms with Crippen LogP contribution in [0.3, 0.4) is 0 Å². The summed E-state index contributed by atoms with van der Waals surface area (Å²) < 4.78 is 44.3. The Hall–Kier alpha value is -1.53. The van der Waals surface area contributed by atoms with Crippen LogP contribution < -0.4 is 10.3 Å². The molecule has 88 valence electrons. The molecule has 2 heterocycles. The van der Waals surface area contributed by atoms with Crippen molar-refractivity contribution >= 4 is 0 Å². The molecule has 1 aliphatic rings. The fraction of sp³-hybridized carbons (Fsp3) is 0.556. The van der Waals surface area contributed by atoms with Gasteiger partial charge in [-0.15, -0.1) is 0 Å². The van der Waals surface area contributed by atoms with E-state index in [1.54, 1.807) is 6.92 Å². The quantitative estimate of drug-likeness (QED) is 0.683. The Morgan fingerprint density at radius 1 is 1.50 bits per heavy atom. The molecule has 0 spiro atoms. The van der Waals surface area contributed by atoms with Gasteiger partial charge in [0.05, 0.1) is 6.04 Å². The van der Waals surface area contributed by atoms with Gasteiger partial charge in [0.2, 0.25) is 0 Å². The molecule has 1 aromatic heterocycles. The standard InChI is InChI=1S/C9H9F3N2O2/c1-4-3-16-8-13-7(15)5(2)6(14(4)8)9(10,11)12/h4H,3H2,1-2H3. The second-order valence-corrected chi connectivity index (χ2v) is 3.70. The number of nitrogens with zero attached hydrogens (tertiary/aromatic N) is 2. The van der Waals surface area contributed by atoms with E-state index < -0.39 is 29.0 Å². The van der Waals surface area contributed by atoms with Crippen molar-refractivity contribution in [2.45, 2.75) is 26.1 Å². The van der Waals surface area contributed by atoms with Gasteiger partial charge >= 0.3 is 12.2 Å². The number of fused-ring (bicyclic) bond motifs is 1. The number of aromatic nitrogens is 2. The first-order valence-electron chi connectivity index (χ1n) is 4.65. The van der Waals surface area contributed by atoms with E-state index in [1.165, 1.54) is 0 Å². The molecule has 4 nitrogen and oxygen atoms in total. The van der Waals surface area contributed by atoms with Crippen LogP contribution in [0.4, 0.5) is 13.2 Å². The summed E-state index contributed by atoms with van der Waals surface area (Å²) in [6.45, 7) is 2.80. The van der Waals surface area contributed by atoms with Crippen molar-refractivity contribution in [1.29, 1.82) is 0 Å². The lowest BCUT2D eigenvalue weighted by molar-refractivity contribution is -0.144. The van der Waals surface area contributed by atoms with E-state index in [1.807, 2.05) is 0 Å². The Balaban J connectivity index is 2.80. The van der Waals surface area contributed by atoms with Crippen LogP contribution in [-0.4, -0.2) is 16.2 Å². The predicted octanol–water partition coefficient (Wildman–Crippen LogP) is 1.52. The lowest BCUT2D eigenvalue weighted by Crippen LogP contribution is -2.25. The van der Waals surface area contributed by atoms with Crippen LogP contribution in [0, 0.1) is 6.92 Å². The van der Waals surface area contributed by atoms with Crippen molar-refractivity contribution in [2.24, 2.45) is 0 Å². The minimum Gasteiger partial charge on any atom is -0.462 e. The smallest absolute Gasteiger partial charge is 0.432 e. The Kier molecular flexibility index (Phi) is 2.21. The Morgan fingerprint density at radius 3 is 2.69 bits per heavy atom. The van der Waals surface area contributed by atoms with Crippen molar-refractivity contribution < 1.29 is 17.9 Å². The highest BCUT2D eigenvalue weighted by atomic mass is 19.4. The molecule has 1 aromatic rings. The van der Waals surface area contributed by atoms with Gasteiger partial charge in [-0.1, -0.05) is 0 Å². The second-order valence-electron chi connectivity index (χ2n) is 3.70. The van der Waals surface area contributed by atoms with Crippen LogP contribution in [0.15, 0.2) is 4.79 Å². The van der Waals surface area contributed by atoms with E-state index in [0.717, 1.165) is 11.5 Å². The van der Waals surface area contributed by atoms with E-state index in [4.69, 9.17) is 4.74 Å². The number of ether oxygens (including phenoxy) is 1. The minimum atomic E-state index is -4.58. The van der Waals surface area contributed by atoms with Crippen LogP contribution in [0.5, 0.6) is 6.01 Å². The topological polar surface area (TPSA) is 44.1 Å². The molecular formula is C9H9F3N2O2. The van der Waals surface area contributed by atoms with Gasteiger partial charge in [0.25, 0.3) is 5.56 Å². The lowest BCUT2D eigenvalue weighted by atomic mass is 10.2. The van der Waals surface area contributed by atoms with Crippen molar-refractivity contribution in [3.63, 3.8) is 0 Å². The largest absolute Gasteiger partial charge is 0.462 e. The number of hydrogen-bond acceptors (Lipinski definition) is 3. The number of hydrogen-bond donors (Lipinski definition) is 0. The summed E-state index contributed by atoms with van der Waals surface area (Å²) >= 11 is 0. The first-order chi connectivity index (χ1) is 7.32. The molecule has 0 saturated heterocycles. The molecule has 7 heteroatoms. The summed E-state index contributed by atoms with van der Waals surface area (Å²) in [7, 11) is 0. The van der Waals surface area contributed by atoms with Gasteiger partial charge in [-0.05, 0) is 13.8 Å². The molecule has 0 aliphatic carbocycles. The highest BCUT2D eigenvalue weighted by molar-refractivity contribution is 5.25. The Morgan fingerprint density at radius 2 is 2.12 bits per heavy atom. The van der Waals surface area contributed by atoms with Crippen LogP contribution >= 0.6 is 0 Å². The number of halogens is 3. The fourth-order valence-electron chi connectivity index (χ4n) is 1.73. The monoisotopic (exact) mass is 234 g/mol. The third-order valence-corrected chi connectivity index (χ3v) is 2.48. The molecule has 0 bridgehead atoms. The van der Waals surface area contributed by atoms with E-state index in [-0.39, 0.29) is 12.6 Å². The second kappa shape index (κ2) is 3.23. The molecular weight excluding hydrogens is 225 g/mol. The summed E-state index contributed by atoms with van der Waals surface area (Å²) in [5, 5.41) is 0. The maximum Gasteiger partial charge on any atom is 0.432 e. The minimum absolute atomic E-state index is 0.0962. The van der Waals surface area contributed by atoms with Gasteiger partial charge in [-0.3, -0.25) is 9.36 Å². The van der Waals surface area contributed by atoms with E-state index in [9.17, 15) is 18.0 Å². The predicted molar refractivity (Wildman–Crippen MR) is 48.4 cm³/mol. The zero-order valence-electron chi connectivity index (χ0n) is 8.63. The lowest BCUT2D eigenvalue weighted by Gasteiger charge is -2.17. The average Bonchev–Trinajstić information content (AvgIpc) is 2.47. The Bertz CT molecular complexity index is 493.